The third-order valence-electron chi connectivity index (χ3n) is 4.14. The molecule has 0 aromatic heterocycles. The maximum absolute atomic E-state index is 4.50. The molecule has 0 bridgehead atoms. The molecule has 0 aromatic rings. The molecule has 1 rings (SSSR count). The Balaban J connectivity index is 2.18. The average molecular weight is 258 g/mol. The smallest absolute Gasteiger partial charge is 0.00457 e. The number of thiol groups is 1. The Morgan fingerprint density at radius 2 is 1.47 bits per heavy atom. The van der Waals surface area contributed by atoms with E-state index in [0.717, 1.165) is 5.75 Å². The van der Waals surface area contributed by atoms with Crippen molar-refractivity contribution in [2.45, 2.75) is 40.0 Å². The van der Waals surface area contributed by atoms with E-state index >= 15 is 0 Å². The Labute approximate surface area is 113 Å². The van der Waals surface area contributed by atoms with E-state index in [4.69, 9.17) is 0 Å². The van der Waals surface area contributed by atoms with E-state index in [1.54, 1.807) is 0 Å². The fourth-order valence-electron chi connectivity index (χ4n) is 2.42. The maximum Gasteiger partial charge on any atom is 0.00457 e. The van der Waals surface area contributed by atoms with Gasteiger partial charge in [-0.2, -0.15) is 12.6 Å². The van der Waals surface area contributed by atoms with Crippen LogP contribution < -0.4 is 0 Å². The molecular weight excluding hydrogens is 228 g/mol. The topological polar surface area (TPSA) is 6.48 Å². The lowest BCUT2D eigenvalue weighted by Crippen LogP contribution is -2.34. The molecule has 0 radical (unpaired) electrons. The Kier molecular flexibility index (Phi) is 6.90. The summed E-state index contributed by atoms with van der Waals surface area (Å²) in [6.07, 6.45) is 4.09. The van der Waals surface area contributed by atoms with Crippen molar-refractivity contribution in [2.24, 2.45) is 5.41 Å². The van der Waals surface area contributed by atoms with E-state index in [-0.39, 0.29) is 0 Å². The third kappa shape index (κ3) is 5.19. The van der Waals surface area contributed by atoms with Crippen molar-refractivity contribution in [3.8, 4) is 0 Å². The maximum atomic E-state index is 4.50. The number of hydrogen-bond donors (Lipinski definition) is 1. The molecule has 1 fully saturated rings. The minimum absolute atomic E-state index is 0.578. The van der Waals surface area contributed by atoms with E-state index in [1.807, 2.05) is 0 Å². The van der Waals surface area contributed by atoms with E-state index in [2.05, 4.69) is 43.2 Å². The van der Waals surface area contributed by atoms with Crippen LogP contribution in [0, 0.1) is 5.41 Å². The van der Waals surface area contributed by atoms with Crippen molar-refractivity contribution >= 4 is 12.6 Å². The predicted molar refractivity (Wildman–Crippen MR) is 80.0 cm³/mol. The zero-order chi connectivity index (χ0) is 12.7. The van der Waals surface area contributed by atoms with Crippen LogP contribution in [0.4, 0.5) is 0 Å². The van der Waals surface area contributed by atoms with Gasteiger partial charge in [0.25, 0.3) is 0 Å². The lowest BCUT2D eigenvalue weighted by Gasteiger charge is -2.26. The van der Waals surface area contributed by atoms with Gasteiger partial charge in [-0.15, -0.1) is 0 Å². The first-order chi connectivity index (χ1) is 8.19. The molecule has 0 saturated heterocycles. The molecule has 1 saturated carbocycles. The van der Waals surface area contributed by atoms with E-state index in [1.165, 1.54) is 58.5 Å². The van der Waals surface area contributed by atoms with Gasteiger partial charge in [0.1, 0.15) is 0 Å². The molecular formula is C14H30N2S. The number of nitrogens with zero attached hydrogens (tertiary/aromatic N) is 2. The van der Waals surface area contributed by atoms with Crippen LogP contribution in [0.2, 0.25) is 0 Å². The summed E-state index contributed by atoms with van der Waals surface area (Å²) in [6, 6.07) is 0. The van der Waals surface area contributed by atoms with Gasteiger partial charge in [0.15, 0.2) is 0 Å². The van der Waals surface area contributed by atoms with Gasteiger partial charge in [-0.25, -0.2) is 0 Å². The first-order valence-corrected chi connectivity index (χ1v) is 7.88. The fourth-order valence-corrected chi connectivity index (χ4v) is 2.84. The second-order valence-electron chi connectivity index (χ2n) is 5.41. The average Bonchev–Trinajstić information content (AvgIpc) is 3.13. The Bertz CT molecular complexity index is 200. The second kappa shape index (κ2) is 7.65. The lowest BCUT2D eigenvalue weighted by atomic mass is 10.1. The Morgan fingerprint density at radius 3 is 1.88 bits per heavy atom. The summed E-state index contributed by atoms with van der Waals surface area (Å²) in [6.45, 7) is 14.1. The summed E-state index contributed by atoms with van der Waals surface area (Å²) in [5.74, 6) is 1.07. The SMILES string of the molecule is CCN(CC)CCCN(CC)CC1(CS)CC1. The van der Waals surface area contributed by atoms with Gasteiger partial charge in [-0.3, -0.25) is 0 Å². The number of hydrogen-bond acceptors (Lipinski definition) is 3. The summed E-state index contributed by atoms with van der Waals surface area (Å²) >= 11 is 4.50. The molecule has 0 amide bonds. The van der Waals surface area contributed by atoms with Gasteiger partial charge in [-0.1, -0.05) is 20.8 Å². The van der Waals surface area contributed by atoms with Crippen LogP contribution in [0.25, 0.3) is 0 Å². The van der Waals surface area contributed by atoms with Gasteiger partial charge in [-0.05, 0) is 63.2 Å². The van der Waals surface area contributed by atoms with E-state index in [0.29, 0.717) is 5.41 Å². The summed E-state index contributed by atoms with van der Waals surface area (Å²) in [5, 5.41) is 0. The first kappa shape index (κ1) is 15.3. The van der Waals surface area contributed by atoms with Crippen LogP contribution >= 0.6 is 12.6 Å². The van der Waals surface area contributed by atoms with E-state index in [9.17, 15) is 0 Å². The van der Waals surface area contributed by atoms with Crippen LogP contribution in [-0.4, -0.2) is 54.8 Å². The minimum atomic E-state index is 0.578. The molecule has 0 aliphatic heterocycles. The van der Waals surface area contributed by atoms with Crippen molar-refractivity contribution in [1.29, 1.82) is 0 Å². The van der Waals surface area contributed by atoms with Gasteiger partial charge in [0.05, 0.1) is 0 Å². The molecule has 102 valence electrons. The highest BCUT2D eigenvalue weighted by Gasteiger charge is 2.42. The molecule has 0 aromatic carbocycles. The van der Waals surface area contributed by atoms with Gasteiger partial charge < -0.3 is 9.80 Å². The van der Waals surface area contributed by atoms with Crippen molar-refractivity contribution in [3.63, 3.8) is 0 Å². The highest BCUT2D eigenvalue weighted by Crippen LogP contribution is 2.47. The molecule has 3 heteroatoms. The summed E-state index contributed by atoms with van der Waals surface area (Å²) in [5.41, 5.74) is 0.578. The van der Waals surface area contributed by atoms with Gasteiger partial charge in [0.2, 0.25) is 0 Å². The summed E-state index contributed by atoms with van der Waals surface area (Å²) in [7, 11) is 0. The van der Waals surface area contributed by atoms with Crippen molar-refractivity contribution in [3.05, 3.63) is 0 Å². The molecule has 17 heavy (non-hydrogen) atoms. The molecule has 1 aliphatic rings. The predicted octanol–water partition coefficient (Wildman–Crippen LogP) is 2.75. The molecule has 0 spiro atoms. The molecule has 2 nitrogen and oxygen atoms in total. The quantitative estimate of drug-likeness (QED) is 0.602. The van der Waals surface area contributed by atoms with Crippen LogP contribution in [0.3, 0.4) is 0 Å². The molecule has 1 aliphatic carbocycles. The normalized spacial score (nSPS) is 18.0. The fraction of sp³-hybridized carbons (Fsp3) is 1.00. The Morgan fingerprint density at radius 1 is 0.941 bits per heavy atom. The van der Waals surface area contributed by atoms with Gasteiger partial charge in [0, 0.05) is 6.54 Å². The van der Waals surface area contributed by atoms with Crippen molar-refractivity contribution in [1.82, 2.24) is 9.80 Å². The van der Waals surface area contributed by atoms with Crippen molar-refractivity contribution in [2.75, 3.05) is 45.0 Å². The van der Waals surface area contributed by atoms with Crippen LogP contribution in [-0.2, 0) is 0 Å². The highest BCUT2D eigenvalue weighted by atomic mass is 32.1. The zero-order valence-corrected chi connectivity index (χ0v) is 12.8. The standard InChI is InChI=1S/C14H30N2S/c1-4-15(5-2)10-7-11-16(6-3)12-14(13-17)8-9-14/h17H,4-13H2,1-3H3. The molecule has 0 unspecified atom stereocenters. The molecule has 0 atom stereocenters. The van der Waals surface area contributed by atoms with Gasteiger partial charge >= 0.3 is 0 Å². The van der Waals surface area contributed by atoms with Crippen molar-refractivity contribution < 1.29 is 0 Å². The number of rotatable bonds is 10. The monoisotopic (exact) mass is 258 g/mol. The molecule has 0 heterocycles. The highest BCUT2D eigenvalue weighted by molar-refractivity contribution is 7.80. The van der Waals surface area contributed by atoms with E-state index < -0.39 is 0 Å². The lowest BCUT2D eigenvalue weighted by molar-refractivity contribution is 0.216. The minimum Gasteiger partial charge on any atom is -0.304 e. The zero-order valence-electron chi connectivity index (χ0n) is 11.9. The third-order valence-corrected chi connectivity index (χ3v) is 4.81. The second-order valence-corrected chi connectivity index (χ2v) is 5.72. The summed E-state index contributed by atoms with van der Waals surface area (Å²) < 4.78 is 0. The summed E-state index contributed by atoms with van der Waals surface area (Å²) in [4.78, 5) is 5.13. The first-order valence-electron chi connectivity index (χ1n) is 7.25. The molecule has 0 N–H and O–H groups in total. The van der Waals surface area contributed by atoms with Crippen LogP contribution in [0.5, 0.6) is 0 Å². The Hall–Kier alpha value is 0.270. The van der Waals surface area contributed by atoms with Crippen LogP contribution in [0.1, 0.15) is 40.0 Å². The largest absolute Gasteiger partial charge is 0.304 e. The van der Waals surface area contributed by atoms with Crippen LogP contribution in [0.15, 0.2) is 0 Å².